The number of aryl methyl sites for hydroxylation is 3. The second kappa shape index (κ2) is 5.47. The van der Waals surface area contributed by atoms with Crippen molar-refractivity contribution in [1.82, 2.24) is 24.5 Å². The molecule has 0 bridgehead atoms. The number of anilines is 1. The highest BCUT2D eigenvalue weighted by Gasteiger charge is 2.04. The van der Waals surface area contributed by atoms with Crippen LogP contribution in [0.1, 0.15) is 19.0 Å². The third-order valence-electron chi connectivity index (χ3n) is 2.47. The van der Waals surface area contributed by atoms with Crippen LogP contribution in [0.25, 0.3) is 0 Å². The molecule has 0 aromatic carbocycles. The predicted octanol–water partition coefficient (Wildman–Crippen LogP) is 1.31. The van der Waals surface area contributed by atoms with E-state index < -0.39 is 0 Å². The third kappa shape index (κ3) is 3.05. The van der Waals surface area contributed by atoms with Crippen molar-refractivity contribution in [3.05, 3.63) is 24.3 Å². The van der Waals surface area contributed by atoms with Crippen LogP contribution >= 0.6 is 0 Å². The molecule has 6 heteroatoms. The van der Waals surface area contributed by atoms with Gasteiger partial charge < -0.3 is 9.88 Å². The van der Waals surface area contributed by atoms with E-state index >= 15 is 0 Å². The molecule has 0 aliphatic heterocycles. The van der Waals surface area contributed by atoms with E-state index in [2.05, 4.69) is 38.3 Å². The van der Waals surface area contributed by atoms with Crippen LogP contribution in [0.5, 0.6) is 0 Å². The zero-order chi connectivity index (χ0) is 12.1. The quantitative estimate of drug-likeness (QED) is 0.818. The van der Waals surface area contributed by atoms with Crippen LogP contribution in [0.15, 0.2) is 18.6 Å². The Morgan fingerprint density at radius 2 is 2.24 bits per heavy atom. The summed E-state index contributed by atoms with van der Waals surface area (Å²) in [6, 6.07) is 0. The molecule has 92 valence electrons. The lowest BCUT2D eigenvalue weighted by Gasteiger charge is -2.08. The van der Waals surface area contributed by atoms with Crippen LogP contribution in [0.2, 0.25) is 0 Å². The lowest BCUT2D eigenvalue weighted by molar-refractivity contribution is 0.521. The summed E-state index contributed by atoms with van der Waals surface area (Å²) in [5.74, 6) is 0.935. The monoisotopic (exact) mass is 234 g/mol. The second-order valence-corrected chi connectivity index (χ2v) is 3.99. The molecule has 0 saturated heterocycles. The molecular weight excluding hydrogens is 216 g/mol. The molecule has 6 nitrogen and oxygen atoms in total. The maximum Gasteiger partial charge on any atom is 0.203 e. The molecule has 2 rings (SSSR count). The van der Waals surface area contributed by atoms with Crippen molar-refractivity contribution in [2.75, 3.05) is 11.9 Å². The van der Waals surface area contributed by atoms with Gasteiger partial charge in [0.15, 0.2) is 0 Å². The standard InChI is InChI=1S/C11H18N6/c1-3-4-12-11-14-10(2)9-16(11)7-8-17-6-5-13-15-17/h5-6,9H,3-4,7-8H2,1-2H3,(H,12,14). The van der Waals surface area contributed by atoms with Crippen molar-refractivity contribution in [3.8, 4) is 0 Å². The fraction of sp³-hybridized carbons (Fsp3) is 0.545. The van der Waals surface area contributed by atoms with Gasteiger partial charge in [0.25, 0.3) is 0 Å². The first-order valence-corrected chi connectivity index (χ1v) is 5.91. The molecule has 0 radical (unpaired) electrons. The summed E-state index contributed by atoms with van der Waals surface area (Å²) in [6.45, 7) is 6.73. The van der Waals surface area contributed by atoms with Crippen LogP contribution in [-0.2, 0) is 13.1 Å². The molecular formula is C11H18N6. The Hall–Kier alpha value is -1.85. The van der Waals surface area contributed by atoms with Gasteiger partial charge in [0.2, 0.25) is 5.95 Å². The van der Waals surface area contributed by atoms with Crippen LogP contribution in [-0.4, -0.2) is 31.1 Å². The average molecular weight is 234 g/mol. The fourth-order valence-corrected chi connectivity index (χ4v) is 1.66. The van der Waals surface area contributed by atoms with Gasteiger partial charge in [-0.2, -0.15) is 0 Å². The number of imidazole rings is 1. The number of hydrogen-bond acceptors (Lipinski definition) is 4. The van der Waals surface area contributed by atoms with Crippen LogP contribution in [0, 0.1) is 6.92 Å². The zero-order valence-corrected chi connectivity index (χ0v) is 10.3. The number of nitrogens with one attached hydrogen (secondary N) is 1. The first-order chi connectivity index (χ1) is 8.29. The Balaban J connectivity index is 1.99. The van der Waals surface area contributed by atoms with Gasteiger partial charge in [-0.05, 0) is 13.3 Å². The topological polar surface area (TPSA) is 60.6 Å². The van der Waals surface area contributed by atoms with Crippen LogP contribution in [0.4, 0.5) is 5.95 Å². The molecule has 0 atom stereocenters. The van der Waals surface area contributed by atoms with Crippen molar-refractivity contribution >= 4 is 5.95 Å². The van der Waals surface area contributed by atoms with E-state index in [4.69, 9.17) is 0 Å². The Labute approximate surface area is 101 Å². The largest absolute Gasteiger partial charge is 0.356 e. The van der Waals surface area contributed by atoms with Crippen molar-refractivity contribution in [1.29, 1.82) is 0 Å². The molecule has 0 unspecified atom stereocenters. The van der Waals surface area contributed by atoms with E-state index in [1.807, 2.05) is 17.8 Å². The van der Waals surface area contributed by atoms with E-state index in [0.717, 1.165) is 37.7 Å². The first kappa shape index (κ1) is 11.6. The average Bonchev–Trinajstić information content (AvgIpc) is 2.93. The molecule has 2 aromatic rings. The maximum atomic E-state index is 4.45. The first-order valence-electron chi connectivity index (χ1n) is 5.91. The van der Waals surface area contributed by atoms with Crippen molar-refractivity contribution in [2.24, 2.45) is 0 Å². The predicted molar refractivity (Wildman–Crippen MR) is 65.8 cm³/mol. The van der Waals surface area contributed by atoms with Gasteiger partial charge >= 0.3 is 0 Å². The van der Waals surface area contributed by atoms with Crippen molar-refractivity contribution in [2.45, 2.75) is 33.4 Å². The summed E-state index contributed by atoms with van der Waals surface area (Å²) < 4.78 is 3.94. The molecule has 0 fully saturated rings. The maximum absolute atomic E-state index is 4.45. The zero-order valence-electron chi connectivity index (χ0n) is 10.3. The summed E-state index contributed by atoms with van der Waals surface area (Å²) in [6.07, 6.45) is 6.70. The van der Waals surface area contributed by atoms with E-state index in [1.54, 1.807) is 6.20 Å². The molecule has 1 N–H and O–H groups in total. The lowest BCUT2D eigenvalue weighted by Crippen LogP contribution is -2.12. The number of rotatable bonds is 6. The van der Waals surface area contributed by atoms with Gasteiger partial charge in [-0.25, -0.2) is 4.98 Å². The van der Waals surface area contributed by atoms with Crippen LogP contribution < -0.4 is 5.32 Å². The van der Waals surface area contributed by atoms with Crippen molar-refractivity contribution in [3.63, 3.8) is 0 Å². The molecule has 0 spiro atoms. The smallest absolute Gasteiger partial charge is 0.203 e. The van der Waals surface area contributed by atoms with E-state index in [1.165, 1.54) is 0 Å². The summed E-state index contributed by atoms with van der Waals surface area (Å²) in [5.41, 5.74) is 1.03. The Kier molecular flexibility index (Phi) is 3.74. The Bertz CT molecular complexity index is 444. The SMILES string of the molecule is CCCNc1nc(C)cn1CCn1ccnn1. The highest BCUT2D eigenvalue weighted by atomic mass is 15.4. The molecule has 17 heavy (non-hydrogen) atoms. The molecule has 2 heterocycles. The molecule has 2 aromatic heterocycles. The second-order valence-electron chi connectivity index (χ2n) is 3.99. The Morgan fingerprint density at radius 3 is 2.94 bits per heavy atom. The minimum absolute atomic E-state index is 0.802. The van der Waals surface area contributed by atoms with Crippen molar-refractivity contribution < 1.29 is 0 Å². The van der Waals surface area contributed by atoms with Gasteiger partial charge in [0.05, 0.1) is 18.4 Å². The highest BCUT2D eigenvalue weighted by molar-refractivity contribution is 5.28. The Morgan fingerprint density at radius 1 is 1.35 bits per heavy atom. The number of nitrogens with zero attached hydrogens (tertiary/aromatic N) is 5. The third-order valence-corrected chi connectivity index (χ3v) is 2.47. The van der Waals surface area contributed by atoms with E-state index in [9.17, 15) is 0 Å². The summed E-state index contributed by atoms with van der Waals surface area (Å²) in [7, 11) is 0. The molecule has 0 aliphatic rings. The van der Waals surface area contributed by atoms with Gasteiger partial charge in [-0.15, -0.1) is 5.10 Å². The summed E-state index contributed by atoms with van der Waals surface area (Å²) in [5, 5.41) is 11.0. The lowest BCUT2D eigenvalue weighted by atomic mass is 10.5. The minimum atomic E-state index is 0.802. The molecule has 0 aliphatic carbocycles. The van der Waals surface area contributed by atoms with E-state index in [-0.39, 0.29) is 0 Å². The van der Waals surface area contributed by atoms with Gasteiger partial charge in [-0.3, -0.25) is 4.68 Å². The number of hydrogen-bond donors (Lipinski definition) is 1. The fourth-order valence-electron chi connectivity index (χ4n) is 1.66. The van der Waals surface area contributed by atoms with Gasteiger partial charge in [0.1, 0.15) is 0 Å². The number of aromatic nitrogens is 5. The van der Waals surface area contributed by atoms with Gasteiger partial charge in [0, 0.05) is 25.5 Å². The highest BCUT2D eigenvalue weighted by Crippen LogP contribution is 2.08. The molecule has 0 saturated carbocycles. The van der Waals surface area contributed by atoms with Crippen LogP contribution in [0.3, 0.4) is 0 Å². The van der Waals surface area contributed by atoms with E-state index in [0.29, 0.717) is 0 Å². The normalized spacial score (nSPS) is 10.7. The van der Waals surface area contributed by atoms with Gasteiger partial charge in [-0.1, -0.05) is 12.1 Å². The molecule has 0 amide bonds. The summed E-state index contributed by atoms with van der Waals surface area (Å²) in [4.78, 5) is 4.45. The minimum Gasteiger partial charge on any atom is -0.356 e. The summed E-state index contributed by atoms with van der Waals surface area (Å²) >= 11 is 0.